The number of nitriles is 1. The Bertz CT molecular complexity index is 408. The molecule has 0 unspecified atom stereocenters. The van der Waals surface area contributed by atoms with Crippen molar-refractivity contribution in [1.82, 2.24) is 5.32 Å². The second-order valence-electron chi connectivity index (χ2n) is 4.33. The van der Waals surface area contributed by atoms with Crippen LogP contribution in [0.4, 0.5) is 0 Å². The van der Waals surface area contributed by atoms with Gasteiger partial charge in [-0.15, -0.1) is 0 Å². The Kier molecular flexibility index (Phi) is 4.61. The molecule has 0 atom stereocenters. The van der Waals surface area contributed by atoms with E-state index in [0.29, 0.717) is 23.1 Å². The summed E-state index contributed by atoms with van der Waals surface area (Å²) in [5.41, 5.74) is 0.624. The van der Waals surface area contributed by atoms with Gasteiger partial charge in [0, 0.05) is 23.1 Å². The van der Waals surface area contributed by atoms with Crippen LogP contribution in [0, 0.1) is 16.7 Å². The number of halogens is 2. The normalized spacial score (nSPS) is 11.2. The van der Waals surface area contributed by atoms with Crippen molar-refractivity contribution in [1.29, 1.82) is 5.26 Å². The molecule has 0 heterocycles. The highest BCUT2D eigenvalue weighted by Gasteiger charge is 2.15. The van der Waals surface area contributed by atoms with Gasteiger partial charge in [-0.3, -0.25) is 0 Å². The Morgan fingerprint density at radius 3 is 2.62 bits per heavy atom. The van der Waals surface area contributed by atoms with Gasteiger partial charge < -0.3 is 5.32 Å². The number of nitrogens with zero attached hydrogens (tertiary/aromatic N) is 1. The Labute approximate surface area is 106 Å². The third-order valence-electron chi connectivity index (χ3n) is 2.20. The highest BCUT2D eigenvalue weighted by molar-refractivity contribution is 6.35. The van der Waals surface area contributed by atoms with E-state index in [0.717, 1.165) is 5.56 Å². The lowest BCUT2D eigenvalue weighted by molar-refractivity contribution is 0.445. The number of hydrogen-bond donors (Lipinski definition) is 1. The van der Waals surface area contributed by atoms with Crippen molar-refractivity contribution >= 4 is 23.2 Å². The second-order valence-corrected chi connectivity index (χ2v) is 5.18. The standard InChI is InChI=1S/C12H14Cl2N2/c1-12(2,7-15)8-16-6-9-3-4-10(13)5-11(9)14/h3-5,16H,6,8H2,1-2H3. The van der Waals surface area contributed by atoms with Crippen LogP contribution >= 0.6 is 23.2 Å². The van der Waals surface area contributed by atoms with E-state index in [1.165, 1.54) is 0 Å². The van der Waals surface area contributed by atoms with Gasteiger partial charge in [-0.05, 0) is 31.5 Å². The highest BCUT2D eigenvalue weighted by atomic mass is 35.5. The van der Waals surface area contributed by atoms with E-state index in [9.17, 15) is 0 Å². The summed E-state index contributed by atoms with van der Waals surface area (Å²) in [6.45, 7) is 5.05. The third kappa shape index (κ3) is 4.02. The van der Waals surface area contributed by atoms with Crippen LogP contribution in [0.3, 0.4) is 0 Å². The maximum atomic E-state index is 8.85. The van der Waals surface area contributed by atoms with E-state index in [1.807, 2.05) is 19.9 Å². The fourth-order valence-corrected chi connectivity index (χ4v) is 1.69. The molecule has 0 saturated heterocycles. The van der Waals surface area contributed by atoms with E-state index in [2.05, 4.69) is 11.4 Å². The molecule has 1 aromatic carbocycles. The van der Waals surface area contributed by atoms with Gasteiger partial charge in [-0.25, -0.2) is 0 Å². The molecule has 0 fully saturated rings. The SMILES string of the molecule is CC(C)(C#N)CNCc1ccc(Cl)cc1Cl. The lowest BCUT2D eigenvalue weighted by atomic mass is 9.96. The summed E-state index contributed by atoms with van der Waals surface area (Å²) in [6, 6.07) is 7.64. The second kappa shape index (κ2) is 5.54. The molecule has 0 aliphatic rings. The first-order chi connectivity index (χ1) is 7.44. The number of nitrogens with one attached hydrogen (secondary N) is 1. The smallest absolute Gasteiger partial charge is 0.0697 e. The van der Waals surface area contributed by atoms with Gasteiger partial charge in [-0.2, -0.15) is 5.26 Å². The molecule has 4 heteroatoms. The quantitative estimate of drug-likeness (QED) is 0.893. The number of rotatable bonds is 4. The fourth-order valence-electron chi connectivity index (χ4n) is 1.21. The van der Waals surface area contributed by atoms with Crippen LogP contribution < -0.4 is 5.32 Å². The molecule has 1 N–H and O–H groups in total. The van der Waals surface area contributed by atoms with Gasteiger partial charge in [0.15, 0.2) is 0 Å². The summed E-state index contributed by atoms with van der Waals surface area (Å²) in [4.78, 5) is 0. The van der Waals surface area contributed by atoms with Crippen LogP contribution in [-0.4, -0.2) is 6.54 Å². The minimum absolute atomic E-state index is 0.362. The average molecular weight is 257 g/mol. The van der Waals surface area contributed by atoms with Crippen molar-refractivity contribution in [3.63, 3.8) is 0 Å². The van der Waals surface area contributed by atoms with Crippen molar-refractivity contribution in [2.75, 3.05) is 6.54 Å². The van der Waals surface area contributed by atoms with Crippen molar-refractivity contribution in [2.45, 2.75) is 20.4 Å². The van der Waals surface area contributed by atoms with E-state index in [1.54, 1.807) is 12.1 Å². The Balaban J connectivity index is 2.53. The van der Waals surface area contributed by atoms with Crippen LogP contribution in [0.25, 0.3) is 0 Å². The Morgan fingerprint density at radius 1 is 1.38 bits per heavy atom. The molecule has 86 valence electrons. The van der Waals surface area contributed by atoms with Gasteiger partial charge in [0.25, 0.3) is 0 Å². The van der Waals surface area contributed by atoms with Crippen molar-refractivity contribution in [3.05, 3.63) is 33.8 Å². The van der Waals surface area contributed by atoms with Gasteiger partial charge in [-0.1, -0.05) is 29.3 Å². The molecule has 1 aromatic rings. The number of benzene rings is 1. The first kappa shape index (κ1) is 13.3. The molecule has 0 saturated carbocycles. The minimum atomic E-state index is -0.362. The molecule has 0 amide bonds. The summed E-state index contributed by atoms with van der Waals surface area (Å²) in [6.07, 6.45) is 0. The Morgan fingerprint density at radius 2 is 2.06 bits per heavy atom. The summed E-state index contributed by atoms with van der Waals surface area (Å²) in [5.74, 6) is 0. The van der Waals surface area contributed by atoms with E-state index >= 15 is 0 Å². The zero-order valence-electron chi connectivity index (χ0n) is 9.35. The van der Waals surface area contributed by atoms with Crippen molar-refractivity contribution in [2.24, 2.45) is 5.41 Å². The minimum Gasteiger partial charge on any atom is -0.311 e. The topological polar surface area (TPSA) is 35.8 Å². The predicted octanol–water partition coefficient (Wildman–Crippen LogP) is 3.63. The van der Waals surface area contributed by atoms with Crippen LogP contribution in [0.5, 0.6) is 0 Å². The third-order valence-corrected chi connectivity index (χ3v) is 2.79. The van der Waals surface area contributed by atoms with E-state index < -0.39 is 0 Å². The fraction of sp³-hybridized carbons (Fsp3) is 0.417. The van der Waals surface area contributed by atoms with E-state index in [-0.39, 0.29) is 5.41 Å². The maximum Gasteiger partial charge on any atom is 0.0697 e. The van der Waals surface area contributed by atoms with Gasteiger partial charge in [0.2, 0.25) is 0 Å². The van der Waals surface area contributed by atoms with Crippen LogP contribution in [-0.2, 0) is 6.54 Å². The summed E-state index contributed by atoms with van der Waals surface area (Å²) < 4.78 is 0. The molecule has 0 spiro atoms. The molecule has 0 radical (unpaired) electrons. The largest absolute Gasteiger partial charge is 0.311 e. The molecule has 1 rings (SSSR count). The molecule has 0 bridgehead atoms. The molecule has 0 aliphatic heterocycles. The van der Waals surface area contributed by atoms with Gasteiger partial charge >= 0.3 is 0 Å². The van der Waals surface area contributed by atoms with Gasteiger partial charge in [0.05, 0.1) is 11.5 Å². The molecular formula is C12H14Cl2N2. The molecule has 0 aliphatic carbocycles. The van der Waals surface area contributed by atoms with Gasteiger partial charge in [0.1, 0.15) is 0 Å². The molecule has 16 heavy (non-hydrogen) atoms. The average Bonchev–Trinajstić information content (AvgIpc) is 2.21. The summed E-state index contributed by atoms with van der Waals surface area (Å²) >= 11 is 11.8. The van der Waals surface area contributed by atoms with Crippen LogP contribution in [0.1, 0.15) is 19.4 Å². The monoisotopic (exact) mass is 256 g/mol. The lowest BCUT2D eigenvalue weighted by Crippen LogP contribution is -2.27. The first-order valence-electron chi connectivity index (χ1n) is 5.00. The first-order valence-corrected chi connectivity index (χ1v) is 5.76. The van der Waals surface area contributed by atoms with Crippen molar-refractivity contribution in [3.8, 4) is 6.07 Å². The molecule has 0 aromatic heterocycles. The summed E-state index contributed by atoms with van der Waals surface area (Å²) in [7, 11) is 0. The van der Waals surface area contributed by atoms with Crippen LogP contribution in [0.2, 0.25) is 10.0 Å². The Hall–Kier alpha value is -0.750. The van der Waals surface area contributed by atoms with Crippen LogP contribution in [0.15, 0.2) is 18.2 Å². The van der Waals surface area contributed by atoms with Crippen molar-refractivity contribution < 1.29 is 0 Å². The number of hydrogen-bond acceptors (Lipinski definition) is 2. The zero-order valence-corrected chi connectivity index (χ0v) is 10.9. The molecule has 2 nitrogen and oxygen atoms in total. The highest BCUT2D eigenvalue weighted by Crippen LogP contribution is 2.21. The lowest BCUT2D eigenvalue weighted by Gasteiger charge is -2.16. The predicted molar refractivity (Wildman–Crippen MR) is 67.6 cm³/mol. The molecular weight excluding hydrogens is 243 g/mol. The summed E-state index contributed by atoms with van der Waals surface area (Å²) in [5, 5.41) is 13.3. The maximum absolute atomic E-state index is 8.85. The van der Waals surface area contributed by atoms with E-state index in [4.69, 9.17) is 28.5 Å². The zero-order chi connectivity index (χ0) is 12.2.